The minimum Gasteiger partial charge on any atom is -0.465 e. The number of furan rings is 1. The number of benzene rings is 1. The summed E-state index contributed by atoms with van der Waals surface area (Å²) in [6.45, 7) is 4.01. The average molecular weight is 260 g/mol. The summed E-state index contributed by atoms with van der Waals surface area (Å²) < 4.78 is 18.9. The van der Waals surface area contributed by atoms with Gasteiger partial charge in [0.2, 0.25) is 0 Å². The van der Waals surface area contributed by atoms with Gasteiger partial charge in [-0.1, -0.05) is 6.07 Å². The Balaban J connectivity index is 1.86. The van der Waals surface area contributed by atoms with Crippen molar-refractivity contribution in [3.05, 3.63) is 52.7 Å². The molecular weight excluding hydrogens is 243 g/mol. The Labute approximate surface area is 111 Å². The van der Waals surface area contributed by atoms with E-state index in [1.165, 1.54) is 11.6 Å². The largest absolute Gasteiger partial charge is 0.465 e. The maximum absolute atomic E-state index is 13.4. The van der Waals surface area contributed by atoms with Crippen LogP contribution in [0.2, 0.25) is 0 Å². The molecule has 0 amide bonds. The molecule has 3 nitrogen and oxygen atoms in total. The van der Waals surface area contributed by atoms with Crippen LogP contribution in [0.25, 0.3) is 0 Å². The molecule has 1 aromatic heterocycles. The van der Waals surface area contributed by atoms with E-state index in [4.69, 9.17) is 10.2 Å². The SMILES string of the molecule is Cc1oc(CN)cc1CN1CCc2ccc(F)cc21. The normalized spacial score (nSPS) is 13.9. The van der Waals surface area contributed by atoms with Crippen molar-refractivity contribution in [2.75, 3.05) is 11.4 Å². The van der Waals surface area contributed by atoms with Gasteiger partial charge in [0, 0.05) is 24.3 Å². The highest BCUT2D eigenvalue weighted by Crippen LogP contribution is 2.30. The highest BCUT2D eigenvalue weighted by Gasteiger charge is 2.21. The molecule has 4 heteroatoms. The second-order valence-corrected chi connectivity index (χ2v) is 4.94. The fraction of sp³-hybridized carbons (Fsp3) is 0.333. The minimum atomic E-state index is -0.183. The van der Waals surface area contributed by atoms with Crippen molar-refractivity contribution >= 4 is 5.69 Å². The third kappa shape index (κ3) is 2.24. The number of hydrogen-bond donors (Lipinski definition) is 1. The van der Waals surface area contributed by atoms with E-state index in [1.807, 2.05) is 19.1 Å². The number of nitrogens with two attached hydrogens (primary N) is 1. The van der Waals surface area contributed by atoms with E-state index in [0.717, 1.165) is 42.3 Å². The Morgan fingerprint density at radius 2 is 2.21 bits per heavy atom. The molecule has 3 rings (SSSR count). The molecule has 2 heterocycles. The van der Waals surface area contributed by atoms with Crippen molar-refractivity contribution in [1.82, 2.24) is 0 Å². The second kappa shape index (κ2) is 4.70. The van der Waals surface area contributed by atoms with Crippen molar-refractivity contribution in [3.63, 3.8) is 0 Å². The molecule has 100 valence electrons. The van der Waals surface area contributed by atoms with Gasteiger partial charge < -0.3 is 15.1 Å². The Morgan fingerprint density at radius 1 is 1.37 bits per heavy atom. The van der Waals surface area contributed by atoms with Gasteiger partial charge in [0.1, 0.15) is 17.3 Å². The van der Waals surface area contributed by atoms with Crippen LogP contribution < -0.4 is 10.6 Å². The fourth-order valence-electron chi connectivity index (χ4n) is 2.63. The summed E-state index contributed by atoms with van der Waals surface area (Å²) in [4.78, 5) is 2.19. The van der Waals surface area contributed by atoms with E-state index in [1.54, 1.807) is 6.07 Å². The highest BCUT2D eigenvalue weighted by atomic mass is 19.1. The number of aryl methyl sites for hydroxylation is 1. The first-order valence-corrected chi connectivity index (χ1v) is 6.49. The monoisotopic (exact) mass is 260 g/mol. The lowest BCUT2D eigenvalue weighted by atomic mass is 10.1. The van der Waals surface area contributed by atoms with E-state index in [-0.39, 0.29) is 5.82 Å². The Bertz CT molecular complexity index is 606. The molecule has 2 N–H and O–H groups in total. The molecule has 0 saturated carbocycles. The third-order valence-electron chi connectivity index (χ3n) is 3.67. The molecule has 0 radical (unpaired) electrons. The zero-order valence-corrected chi connectivity index (χ0v) is 10.9. The first-order valence-electron chi connectivity index (χ1n) is 6.49. The van der Waals surface area contributed by atoms with Crippen LogP contribution in [-0.4, -0.2) is 6.54 Å². The molecule has 1 aliphatic heterocycles. The third-order valence-corrected chi connectivity index (χ3v) is 3.67. The topological polar surface area (TPSA) is 42.4 Å². The molecule has 0 atom stereocenters. The molecule has 0 unspecified atom stereocenters. The quantitative estimate of drug-likeness (QED) is 0.922. The van der Waals surface area contributed by atoms with Gasteiger partial charge in [-0.2, -0.15) is 0 Å². The van der Waals surface area contributed by atoms with Gasteiger partial charge in [-0.05, 0) is 37.1 Å². The number of rotatable bonds is 3. The molecule has 0 aliphatic carbocycles. The first kappa shape index (κ1) is 12.2. The van der Waals surface area contributed by atoms with E-state index in [2.05, 4.69) is 4.90 Å². The van der Waals surface area contributed by atoms with E-state index in [0.29, 0.717) is 6.54 Å². The summed E-state index contributed by atoms with van der Waals surface area (Å²) in [5, 5.41) is 0. The van der Waals surface area contributed by atoms with Crippen molar-refractivity contribution < 1.29 is 8.81 Å². The van der Waals surface area contributed by atoms with Crippen molar-refractivity contribution in [2.24, 2.45) is 5.73 Å². The lowest BCUT2D eigenvalue weighted by Gasteiger charge is -2.18. The summed E-state index contributed by atoms with van der Waals surface area (Å²) in [6, 6.07) is 7.00. The molecule has 0 bridgehead atoms. The maximum Gasteiger partial charge on any atom is 0.125 e. The van der Waals surface area contributed by atoms with Gasteiger partial charge in [-0.25, -0.2) is 4.39 Å². The predicted molar refractivity (Wildman–Crippen MR) is 72.5 cm³/mol. The van der Waals surface area contributed by atoms with E-state index >= 15 is 0 Å². The van der Waals surface area contributed by atoms with Crippen LogP contribution in [0.1, 0.15) is 22.6 Å². The fourth-order valence-corrected chi connectivity index (χ4v) is 2.63. The molecular formula is C15H17FN2O. The zero-order valence-electron chi connectivity index (χ0n) is 10.9. The molecule has 0 fully saturated rings. The summed E-state index contributed by atoms with van der Waals surface area (Å²) in [6.07, 6.45) is 0.969. The Morgan fingerprint density at radius 3 is 2.95 bits per heavy atom. The lowest BCUT2D eigenvalue weighted by Crippen LogP contribution is -2.19. The average Bonchev–Trinajstić information content (AvgIpc) is 2.95. The number of anilines is 1. The van der Waals surface area contributed by atoms with Crippen LogP contribution in [0.5, 0.6) is 0 Å². The lowest BCUT2D eigenvalue weighted by molar-refractivity contribution is 0.482. The smallest absolute Gasteiger partial charge is 0.125 e. The van der Waals surface area contributed by atoms with Crippen LogP contribution in [0.3, 0.4) is 0 Å². The van der Waals surface area contributed by atoms with Crippen LogP contribution in [0.15, 0.2) is 28.7 Å². The van der Waals surface area contributed by atoms with E-state index in [9.17, 15) is 4.39 Å². The molecule has 0 saturated heterocycles. The van der Waals surface area contributed by atoms with Crippen LogP contribution >= 0.6 is 0 Å². The highest BCUT2D eigenvalue weighted by molar-refractivity contribution is 5.58. The summed E-state index contributed by atoms with van der Waals surface area (Å²) >= 11 is 0. The molecule has 1 aliphatic rings. The van der Waals surface area contributed by atoms with Gasteiger partial charge in [0.25, 0.3) is 0 Å². The minimum absolute atomic E-state index is 0.183. The second-order valence-electron chi connectivity index (χ2n) is 4.94. The maximum atomic E-state index is 13.4. The number of nitrogens with zero attached hydrogens (tertiary/aromatic N) is 1. The summed E-state index contributed by atoms with van der Waals surface area (Å²) in [5.74, 6) is 1.51. The molecule has 1 aromatic carbocycles. The van der Waals surface area contributed by atoms with Gasteiger partial charge in [-0.3, -0.25) is 0 Å². The van der Waals surface area contributed by atoms with Crippen molar-refractivity contribution in [3.8, 4) is 0 Å². The van der Waals surface area contributed by atoms with Crippen molar-refractivity contribution in [2.45, 2.75) is 26.4 Å². The van der Waals surface area contributed by atoms with E-state index < -0.39 is 0 Å². The first-order chi connectivity index (χ1) is 9.17. The molecule has 0 spiro atoms. The van der Waals surface area contributed by atoms with Gasteiger partial charge in [0.15, 0.2) is 0 Å². The molecule has 19 heavy (non-hydrogen) atoms. The molecule has 2 aromatic rings. The number of halogens is 1. The summed E-state index contributed by atoms with van der Waals surface area (Å²) in [5.41, 5.74) is 8.91. The van der Waals surface area contributed by atoms with Crippen molar-refractivity contribution in [1.29, 1.82) is 0 Å². The van der Waals surface area contributed by atoms with Gasteiger partial charge >= 0.3 is 0 Å². The zero-order chi connectivity index (χ0) is 13.4. The number of hydrogen-bond acceptors (Lipinski definition) is 3. The van der Waals surface area contributed by atoms with Crippen LogP contribution in [-0.2, 0) is 19.5 Å². The van der Waals surface area contributed by atoms with Gasteiger partial charge in [0.05, 0.1) is 6.54 Å². The van der Waals surface area contributed by atoms with Crippen LogP contribution in [0.4, 0.5) is 10.1 Å². The predicted octanol–water partition coefficient (Wildman–Crippen LogP) is 2.75. The summed E-state index contributed by atoms with van der Waals surface area (Å²) in [7, 11) is 0. The van der Waals surface area contributed by atoms with Gasteiger partial charge in [-0.15, -0.1) is 0 Å². The van der Waals surface area contributed by atoms with Crippen LogP contribution in [0, 0.1) is 12.7 Å². The standard InChI is InChI=1S/C15H17FN2O/c1-10-12(6-14(8-17)19-10)9-18-5-4-11-2-3-13(16)7-15(11)18/h2-3,6-7H,4-5,8-9,17H2,1H3. The number of fused-ring (bicyclic) bond motifs is 1. The Kier molecular flexibility index (Phi) is 3.03. The Hall–Kier alpha value is -1.81.